The highest BCUT2D eigenvalue weighted by Gasteiger charge is 2.36. The summed E-state index contributed by atoms with van der Waals surface area (Å²) in [6, 6.07) is 13.6. The molecule has 0 amide bonds. The number of allylic oxidation sites excluding steroid dienone is 1. The maximum Gasteiger partial charge on any atom is 0.338 e. The van der Waals surface area contributed by atoms with Crippen molar-refractivity contribution in [3.63, 3.8) is 0 Å². The van der Waals surface area contributed by atoms with Crippen LogP contribution in [0.1, 0.15) is 37.9 Å². The average molecular weight is 534 g/mol. The van der Waals surface area contributed by atoms with Gasteiger partial charge in [0.05, 0.1) is 36.1 Å². The topological polar surface area (TPSA) is 112 Å². The standard InChI is InChI=1S/C28H27N3O6S/c1-5-35-25-19(11-9-13-21(25)34-4)24-23(27(33)36-6-2)17(3)30-28-31(24)26(32)22(38-28)16-18-10-7-8-12-20(18)37-15-14-29/h7-13,16,24H,5-6,15H2,1-4H3/b22-16+/t24-/m1/s1. The van der Waals surface area contributed by atoms with Crippen LogP contribution in [0, 0.1) is 11.3 Å². The second kappa shape index (κ2) is 11.8. The van der Waals surface area contributed by atoms with Gasteiger partial charge in [0.15, 0.2) is 22.9 Å². The third-order valence-electron chi connectivity index (χ3n) is 5.83. The zero-order chi connectivity index (χ0) is 27.2. The number of esters is 1. The number of rotatable bonds is 9. The van der Waals surface area contributed by atoms with Crippen molar-refractivity contribution in [3.8, 4) is 23.3 Å². The van der Waals surface area contributed by atoms with Crippen LogP contribution >= 0.6 is 11.3 Å². The molecule has 2 heterocycles. The van der Waals surface area contributed by atoms with Gasteiger partial charge in [-0.3, -0.25) is 9.36 Å². The Morgan fingerprint density at radius 2 is 1.89 bits per heavy atom. The second-order valence-corrected chi connectivity index (χ2v) is 9.11. The van der Waals surface area contributed by atoms with Crippen LogP contribution in [0.5, 0.6) is 17.2 Å². The van der Waals surface area contributed by atoms with Crippen LogP contribution in [-0.2, 0) is 9.53 Å². The molecular weight excluding hydrogens is 506 g/mol. The van der Waals surface area contributed by atoms with Crippen LogP contribution < -0.4 is 29.1 Å². The summed E-state index contributed by atoms with van der Waals surface area (Å²) in [7, 11) is 1.53. The predicted molar refractivity (Wildman–Crippen MR) is 142 cm³/mol. The van der Waals surface area contributed by atoms with E-state index >= 15 is 0 Å². The van der Waals surface area contributed by atoms with Crippen molar-refractivity contribution >= 4 is 23.4 Å². The van der Waals surface area contributed by atoms with Gasteiger partial charge in [-0.05, 0) is 39.0 Å². The summed E-state index contributed by atoms with van der Waals surface area (Å²) >= 11 is 1.20. The van der Waals surface area contributed by atoms with E-state index in [-0.39, 0.29) is 24.3 Å². The maximum absolute atomic E-state index is 13.9. The monoisotopic (exact) mass is 533 g/mol. The van der Waals surface area contributed by atoms with E-state index in [1.807, 2.05) is 19.1 Å². The average Bonchev–Trinajstić information content (AvgIpc) is 3.22. The molecule has 0 aliphatic carbocycles. The van der Waals surface area contributed by atoms with E-state index in [0.717, 1.165) is 0 Å². The van der Waals surface area contributed by atoms with Crippen molar-refractivity contribution in [1.82, 2.24) is 4.57 Å². The van der Waals surface area contributed by atoms with Gasteiger partial charge < -0.3 is 18.9 Å². The van der Waals surface area contributed by atoms with Crippen molar-refractivity contribution < 1.29 is 23.7 Å². The number of nitrogens with zero attached hydrogens (tertiary/aromatic N) is 3. The molecule has 0 saturated carbocycles. The van der Waals surface area contributed by atoms with Crippen LogP contribution in [0.3, 0.4) is 0 Å². The molecule has 1 atom stereocenters. The fourth-order valence-corrected chi connectivity index (χ4v) is 5.31. The van der Waals surface area contributed by atoms with Crippen LogP contribution in [0.15, 0.2) is 63.5 Å². The lowest BCUT2D eigenvalue weighted by molar-refractivity contribution is -0.139. The number of hydrogen-bond acceptors (Lipinski definition) is 9. The van der Waals surface area contributed by atoms with Crippen molar-refractivity contribution in [2.75, 3.05) is 26.9 Å². The Kier molecular flexibility index (Phi) is 8.28. The molecule has 3 aromatic rings. The molecule has 1 aliphatic heterocycles. The van der Waals surface area contributed by atoms with Crippen LogP contribution in [0.4, 0.5) is 0 Å². The van der Waals surface area contributed by atoms with Gasteiger partial charge in [-0.1, -0.05) is 41.7 Å². The quantitative estimate of drug-likeness (QED) is 0.389. The SMILES string of the molecule is CCOC(=O)C1=C(C)N=c2s/c(=C/c3ccccc3OCC#N)c(=O)n2[C@@H]1c1cccc(OC)c1OCC. The Labute approximate surface area is 223 Å². The predicted octanol–water partition coefficient (Wildman–Crippen LogP) is 3.11. The largest absolute Gasteiger partial charge is 0.493 e. The van der Waals surface area contributed by atoms with Gasteiger partial charge in [-0.2, -0.15) is 5.26 Å². The van der Waals surface area contributed by atoms with Crippen molar-refractivity contribution in [3.05, 3.63) is 84.5 Å². The van der Waals surface area contributed by atoms with Gasteiger partial charge in [0, 0.05) is 11.1 Å². The number of carbonyl (C=O) groups excluding carboxylic acids is 1. The lowest BCUT2D eigenvalue weighted by Gasteiger charge is -2.26. The number of para-hydroxylation sites is 2. The Balaban J connectivity index is 2.00. The first kappa shape index (κ1) is 26.7. The van der Waals surface area contributed by atoms with Gasteiger partial charge in [0.25, 0.3) is 5.56 Å². The molecule has 1 aromatic heterocycles. The minimum absolute atomic E-state index is 0.121. The van der Waals surface area contributed by atoms with Gasteiger partial charge in [-0.15, -0.1) is 0 Å². The number of aromatic nitrogens is 1. The lowest BCUT2D eigenvalue weighted by Crippen LogP contribution is -2.40. The summed E-state index contributed by atoms with van der Waals surface area (Å²) in [5.74, 6) is 0.830. The van der Waals surface area contributed by atoms with Crippen LogP contribution in [0.25, 0.3) is 6.08 Å². The fraction of sp³-hybridized carbons (Fsp3) is 0.286. The molecule has 38 heavy (non-hydrogen) atoms. The maximum atomic E-state index is 13.9. The molecule has 0 N–H and O–H groups in total. The first-order valence-electron chi connectivity index (χ1n) is 12.0. The third kappa shape index (κ3) is 5.06. The van der Waals surface area contributed by atoms with E-state index < -0.39 is 12.0 Å². The van der Waals surface area contributed by atoms with Crippen molar-refractivity contribution in [2.24, 2.45) is 4.99 Å². The third-order valence-corrected chi connectivity index (χ3v) is 6.81. The molecule has 9 nitrogen and oxygen atoms in total. The zero-order valence-electron chi connectivity index (χ0n) is 21.5. The van der Waals surface area contributed by atoms with Gasteiger partial charge >= 0.3 is 5.97 Å². The minimum atomic E-state index is -0.853. The zero-order valence-corrected chi connectivity index (χ0v) is 22.3. The molecule has 0 radical (unpaired) electrons. The summed E-state index contributed by atoms with van der Waals surface area (Å²) in [5, 5.41) is 8.92. The van der Waals surface area contributed by atoms with E-state index in [9.17, 15) is 9.59 Å². The van der Waals surface area contributed by atoms with Crippen LogP contribution in [-0.4, -0.2) is 37.5 Å². The Bertz CT molecular complexity index is 1610. The second-order valence-electron chi connectivity index (χ2n) is 8.10. The molecule has 4 rings (SSSR count). The molecular formula is C28H27N3O6S. The number of thiazole rings is 1. The smallest absolute Gasteiger partial charge is 0.338 e. The molecule has 0 fully saturated rings. The first-order valence-corrected chi connectivity index (χ1v) is 12.8. The number of fused-ring (bicyclic) bond motifs is 1. The van der Waals surface area contributed by atoms with E-state index in [1.165, 1.54) is 23.0 Å². The molecule has 0 saturated heterocycles. The molecule has 0 bridgehead atoms. The number of benzene rings is 2. The highest BCUT2D eigenvalue weighted by atomic mass is 32.1. The first-order chi connectivity index (χ1) is 18.4. The number of hydrogen-bond donors (Lipinski definition) is 0. The normalized spacial score (nSPS) is 14.8. The van der Waals surface area contributed by atoms with Gasteiger partial charge in [0.2, 0.25) is 0 Å². The summed E-state index contributed by atoms with van der Waals surface area (Å²) in [6.07, 6.45) is 1.70. The Morgan fingerprint density at radius 3 is 2.61 bits per heavy atom. The van der Waals surface area contributed by atoms with E-state index in [2.05, 4.69) is 4.99 Å². The molecule has 10 heteroatoms. The Morgan fingerprint density at radius 1 is 1.13 bits per heavy atom. The summed E-state index contributed by atoms with van der Waals surface area (Å²) in [6.45, 7) is 5.70. The number of ether oxygens (including phenoxy) is 4. The van der Waals surface area contributed by atoms with Crippen LogP contribution in [0.2, 0.25) is 0 Å². The number of methoxy groups -OCH3 is 1. The molecule has 196 valence electrons. The fourth-order valence-electron chi connectivity index (χ4n) is 4.28. The molecule has 0 unspecified atom stereocenters. The van der Waals surface area contributed by atoms with Crippen molar-refractivity contribution in [1.29, 1.82) is 5.26 Å². The summed E-state index contributed by atoms with van der Waals surface area (Å²) in [5.41, 5.74) is 1.58. The van der Waals surface area contributed by atoms with E-state index in [0.29, 0.717) is 50.0 Å². The van der Waals surface area contributed by atoms with E-state index in [1.54, 1.807) is 56.3 Å². The molecule has 0 spiro atoms. The van der Waals surface area contributed by atoms with E-state index in [4.69, 9.17) is 24.2 Å². The molecule has 1 aliphatic rings. The Hall–Kier alpha value is -4.36. The summed E-state index contributed by atoms with van der Waals surface area (Å²) < 4.78 is 24.3. The van der Waals surface area contributed by atoms with Gasteiger partial charge in [-0.25, -0.2) is 9.79 Å². The lowest BCUT2D eigenvalue weighted by atomic mass is 9.94. The summed E-state index contributed by atoms with van der Waals surface area (Å²) in [4.78, 5) is 32.2. The highest BCUT2D eigenvalue weighted by molar-refractivity contribution is 7.07. The minimum Gasteiger partial charge on any atom is -0.493 e. The van der Waals surface area contributed by atoms with Gasteiger partial charge in [0.1, 0.15) is 17.9 Å². The molecule has 2 aromatic carbocycles. The number of carbonyl (C=O) groups is 1. The van der Waals surface area contributed by atoms with Crippen molar-refractivity contribution in [2.45, 2.75) is 26.8 Å². The highest BCUT2D eigenvalue weighted by Crippen LogP contribution is 2.40. The number of nitriles is 1.